The van der Waals surface area contributed by atoms with Crippen LogP contribution in [0.1, 0.15) is 23.7 Å². The molecule has 1 fully saturated rings. The third-order valence-corrected chi connectivity index (χ3v) is 4.14. The van der Waals surface area contributed by atoms with E-state index in [1.165, 1.54) is 12.1 Å². The van der Waals surface area contributed by atoms with Crippen molar-refractivity contribution in [2.24, 2.45) is 11.1 Å². The first-order valence-corrected chi connectivity index (χ1v) is 7.08. The molecule has 0 radical (unpaired) electrons. The van der Waals surface area contributed by atoms with E-state index in [1.807, 2.05) is 6.92 Å². The van der Waals surface area contributed by atoms with E-state index >= 15 is 0 Å². The predicted octanol–water partition coefficient (Wildman–Crippen LogP) is 2.17. The standard InChI is InChI=1S/C13H16BrN3O3/c1-13(7-15)2-3-16(8-13)12(18)9-4-10(14)6-11(5-9)17(19)20/h4-6H,2-3,7-8,15H2,1H3. The van der Waals surface area contributed by atoms with E-state index in [9.17, 15) is 14.9 Å². The van der Waals surface area contributed by atoms with Gasteiger partial charge in [0.2, 0.25) is 0 Å². The van der Waals surface area contributed by atoms with E-state index in [0.29, 0.717) is 29.7 Å². The minimum absolute atomic E-state index is 0.0619. The van der Waals surface area contributed by atoms with Crippen LogP contribution in [-0.4, -0.2) is 35.4 Å². The molecule has 108 valence electrons. The summed E-state index contributed by atoms with van der Waals surface area (Å²) in [6, 6.07) is 4.30. The van der Waals surface area contributed by atoms with Crippen LogP contribution in [-0.2, 0) is 0 Å². The highest BCUT2D eigenvalue weighted by atomic mass is 79.9. The quantitative estimate of drug-likeness (QED) is 0.673. The summed E-state index contributed by atoms with van der Waals surface area (Å²) in [7, 11) is 0. The van der Waals surface area contributed by atoms with Gasteiger partial charge in [0.1, 0.15) is 0 Å². The fourth-order valence-corrected chi connectivity index (χ4v) is 2.83. The molecule has 0 bridgehead atoms. The van der Waals surface area contributed by atoms with Gasteiger partial charge in [0.15, 0.2) is 0 Å². The summed E-state index contributed by atoms with van der Waals surface area (Å²) in [6.07, 6.45) is 0.853. The normalized spacial score (nSPS) is 22.1. The van der Waals surface area contributed by atoms with Crippen molar-refractivity contribution >= 4 is 27.5 Å². The molecule has 1 amide bonds. The van der Waals surface area contributed by atoms with Gasteiger partial charge in [-0.05, 0) is 24.4 Å². The predicted molar refractivity (Wildman–Crippen MR) is 78.5 cm³/mol. The molecular formula is C13H16BrN3O3. The molecule has 1 saturated heterocycles. The molecule has 1 heterocycles. The van der Waals surface area contributed by atoms with Crippen molar-refractivity contribution in [2.45, 2.75) is 13.3 Å². The van der Waals surface area contributed by atoms with Crippen LogP contribution in [0, 0.1) is 15.5 Å². The first-order valence-electron chi connectivity index (χ1n) is 6.29. The van der Waals surface area contributed by atoms with Gasteiger partial charge in [0, 0.05) is 35.3 Å². The molecule has 20 heavy (non-hydrogen) atoms. The molecule has 6 nitrogen and oxygen atoms in total. The molecule has 0 spiro atoms. The number of non-ortho nitro benzene ring substituents is 1. The summed E-state index contributed by atoms with van der Waals surface area (Å²) >= 11 is 3.20. The van der Waals surface area contributed by atoms with Gasteiger partial charge in [-0.1, -0.05) is 22.9 Å². The SMILES string of the molecule is CC1(CN)CCN(C(=O)c2cc(Br)cc([N+](=O)[O-])c2)C1. The van der Waals surface area contributed by atoms with Crippen molar-refractivity contribution in [3.8, 4) is 0 Å². The van der Waals surface area contributed by atoms with Gasteiger partial charge in [-0.25, -0.2) is 0 Å². The molecule has 0 saturated carbocycles. The summed E-state index contributed by atoms with van der Waals surface area (Å²) in [5.74, 6) is -0.188. The number of halogens is 1. The number of nitrogens with zero attached hydrogens (tertiary/aromatic N) is 2. The number of benzene rings is 1. The summed E-state index contributed by atoms with van der Waals surface area (Å²) in [6.45, 7) is 3.79. The molecule has 2 N–H and O–H groups in total. The van der Waals surface area contributed by atoms with Crippen molar-refractivity contribution < 1.29 is 9.72 Å². The van der Waals surface area contributed by atoms with Crippen LogP contribution < -0.4 is 5.73 Å². The number of nitro groups is 1. The Balaban J connectivity index is 2.24. The maximum atomic E-state index is 12.4. The van der Waals surface area contributed by atoms with Gasteiger partial charge in [-0.3, -0.25) is 14.9 Å². The average Bonchev–Trinajstić information content (AvgIpc) is 2.80. The van der Waals surface area contributed by atoms with E-state index in [-0.39, 0.29) is 17.0 Å². The minimum Gasteiger partial charge on any atom is -0.338 e. The van der Waals surface area contributed by atoms with Crippen LogP contribution in [0.15, 0.2) is 22.7 Å². The highest BCUT2D eigenvalue weighted by Gasteiger charge is 2.35. The third kappa shape index (κ3) is 2.99. The van der Waals surface area contributed by atoms with Gasteiger partial charge >= 0.3 is 0 Å². The van der Waals surface area contributed by atoms with Crippen LogP contribution in [0.3, 0.4) is 0 Å². The Morgan fingerprint density at radius 1 is 1.55 bits per heavy atom. The lowest BCUT2D eigenvalue weighted by Crippen LogP contribution is -2.34. The largest absolute Gasteiger partial charge is 0.338 e. The van der Waals surface area contributed by atoms with E-state index in [0.717, 1.165) is 6.42 Å². The zero-order valence-electron chi connectivity index (χ0n) is 11.1. The summed E-state index contributed by atoms with van der Waals surface area (Å²) in [5, 5.41) is 10.8. The first-order chi connectivity index (χ1) is 9.34. The molecule has 1 aliphatic rings. The number of nitrogens with two attached hydrogens (primary N) is 1. The Labute approximate surface area is 125 Å². The molecule has 1 aliphatic heterocycles. The molecule has 0 aromatic heterocycles. The molecule has 2 rings (SSSR count). The smallest absolute Gasteiger partial charge is 0.271 e. The summed E-state index contributed by atoms with van der Waals surface area (Å²) in [4.78, 5) is 24.5. The number of hydrogen-bond acceptors (Lipinski definition) is 4. The number of likely N-dealkylation sites (tertiary alicyclic amines) is 1. The average molecular weight is 342 g/mol. The minimum atomic E-state index is -0.504. The van der Waals surface area contributed by atoms with Gasteiger partial charge < -0.3 is 10.6 Å². The number of amides is 1. The lowest BCUT2D eigenvalue weighted by molar-refractivity contribution is -0.385. The van der Waals surface area contributed by atoms with Crippen LogP contribution >= 0.6 is 15.9 Å². The number of rotatable bonds is 3. The van der Waals surface area contributed by atoms with Crippen molar-refractivity contribution in [3.63, 3.8) is 0 Å². The molecular weight excluding hydrogens is 326 g/mol. The maximum Gasteiger partial charge on any atom is 0.271 e. The second kappa shape index (κ2) is 5.49. The molecule has 7 heteroatoms. The Kier molecular flexibility index (Phi) is 4.10. The van der Waals surface area contributed by atoms with E-state index in [2.05, 4.69) is 15.9 Å². The fraction of sp³-hybridized carbons (Fsp3) is 0.462. The zero-order valence-corrected chi connectivity index (χ0v) is 12.7. The Morgan fingerprint density at radius 3 is 2.80 bits per heavy atom. The van der Waals surface area contributed by atoms with Crippen molar-refractivity contribution in [1.82, 2.24) is 4.90 Å². The zero-order chi connectivity index (χ0) is 14.9. The lowest BCUT2D eigenvalue weighted by atomic mass is 9.90. The Hall–Kier alpha value is -1.47. The second-order valence-electron chi connectivity index (χ2n) is 5.45. The number of carbonyl (C=O) groups excluding carboxylic acids is 1. The first kappa shape index (κ1) is 14.9. The van der Waals surface area contributed by atoms with Crippen LogP contribution in [0.25, 0.3) is 0 Å². The van der Waals surface area contributed by atoms with Crippen LogP contribution in [0.5, 0.6) is 0 Å². The summed E-state index contributed by atoms with van der Waals surface area (Å²) in [5.41, 5.74) is 5.89. The maximum absolute atomic E-state index is 12.4. The number of hydrogen-bond donors (Lipinski definition) is 1. The molecule has 1 atom stereocenters. The Morgan fingerprint density at radius 2 is 2.25 bits per heavy atom. The lowest BCUT2D eigenvalue weighted by Gasteiger charge is -2.22. The summed E-state index contributed by atoms with van der Waals surface area (Å²) < 4.78 is 0.524. The van der Waals surface area contributed by atoms with Crippen molar-refractivity contribution in [2.75, 3.05) is 19.6 Å². The molecule has 1 aromatic rings. The number of nitro benzene ring substituents is 1. The molecule has 1 unspecified atom stereocenters. The van der Waals surface area contributed by atoms with Gasteiger partial charge in [-0.2, -0.15) is 0 Å². The molecule has 1 aromatic carbocycles. The van der Waals surface area contributed by atoms with Gasteiger partial charge in [0.25, 0.3) is 11.6 Å². The monoisotopic (exact) mass is 341 g/mol. The van der Waals surface area contributed by atoms with Gasteiger partial charge in [0.05, 0.1) is 4.92 Å². The van der Waals surface area contributed by atoms with E-state index in [4.69, 9.17) is 5.73 Å². The Bertz CT molecular complexity index is 564. The van der Waals surface area contributed by atoms with E-state index < -0.39 is 4.92 Å². The molecule has 0 aliphatic carbocycles. The van der Waals surface area contributed by atoms with Crippen molar-refractivity contribution in [1.29, 1.82) is 0 Å². The number of carbonyl (C=O) groups is 1. The van der Waals surface area contributed by atoms with Crippen LogP contribution in [0.4, 0.5) is 5.69 Å². The highest BCUT2D eigenvalue weighted by molar-refractivity contribution is 9.10. The fourth-order valence-electron chi connectivity index (χ4n) is 2.35. The second-order valence-corrected chi connectivity index (χ2v) is 6.36. The highest BCUT2D eigenvalue weighted by Crippen LogP contribution is 2.30. The van der Waals surface area contributed by atoms with Crippen molar-refractivity contribution in [3.05, 3.63) is 38.3 Å². The van der Waals surface area contributed by atoms with Gasteiger partial charge in [-0.15, -0.1) is 0 Å². The van der Waals surface area contributed by atoms with E-state index in [1.54, 1.807) is 11.0 Å². The van der Waals surface area contributed by atoms with Crippen LogP contribution in [0.2, 0.25) is 0 Å². The topological polar surface area (TPSA) is 89.5 Å². The third-order valence-electron chi connectivity index (χ3n) is 3.68.